The van der Waals surface area contributed by atoms with E-state index in [4.69, 9.17) is 4.74 Å². The molecule has 180 valence electrons. The monoisotopic (exact) mass is 466 g/mol. The number of rotatable bonds is 7. The van der Waals surface area contributed by atoms with Gasteiger partial charge in [0.25, 0.3) is 0 Å². The average molecular weight is 467 g/mol. The Morgan fingerprint density at radius 2 is 1.68 bits per heavy atom. The molecule has 1 aliphatic rings. The van der Waals surface area contributed by atoms with Crippen LogP contribution in [0, 0.1) is 0 Å². The molecular formula is C27H30O7. The van der Waals surface area contributed by atoms with Gasteiger partial charge in [0.05, 0.1) is 5.60 Å². The number of carbonyl (C=O) groups is 1. The zero-order chi connectivity index (χ0) is 25.2. The second-order valence-electron chi connectivity index (χ2n) is 9.31. The van der Waals surface area contributed by atoms with E-state index < -0.39 is 17.3 Å². The first-order valence-corrected chi connectivity index (χ1v) is 11.0. The molecule has 0 bridgehead atoms. The van der Waals surface area contributed by atoms with E-state index in [1.54, 1.807) is 26.0 Å². The Morgan fingerprint density at radius 3 is 2.32 bits per heavy atom. The summed E-state index contributed by atoms with van der Waals surface area (Å²) >= 11 is 0. The van der Waals surface area contributed by atoms with E-state index in [-0.39, 0.29) is 34.1 Å². The Bertz CT molecular complexity index is 1210. The van der Waals surface area contributed by atoms with Crippen molar-refractivity contribution < 1.29 is 35.1 Å². The number of hydrogen-bond acceptors (Lipinski definition) is 7. The fourth-order valence-corrected chi connectivity index (χ4v) is 3.54. The van der Waals surface area contributed by atoms with Crippen LogP contribution in [0.15, 0.2) is 53.5 Å². The average Bonchev–Trinajstić information content (AvgIpc) is 3.00. The number of hydrogen-bond donors (Lipinski definition) is 5. The highest BCUT2D eigenvalue weighted by Gasteiger charge is 2.33. The number of aliphatic hydroxyl groups is 2. The maximum absolute atomic E-state index is 12.6. The molecule has 0 atom stereocenters. The van der Waals surface area contributed by atoms with Crippen LogP contribution in [0.5, 0.6) is 17.2 Å². The van der Waals surface area contributed by atoms with Crippen molar-refractivity contribution >= 4 is 17.6 Å². The first-order valence-electron chi connectivity index (χ1n) is 11.0. The Labute approximate surface area is 198 Å². The summed E-state index contributed by atoms with van der Waals surface area (Å²) in [6, 6.07) is 7.36. The van der Waals surface area contributed by atoms with Gasteiger partial charge >= 0.3 is 5.97 Å². The molecule has 7 heteroatoms. The molecule has 0 unspecified atom stereocenters. The van der Waals surface area contributed by atoms with Crippen LogP contribution in [0.1, 0.15) is 56.4 Å². The molecule has 1 aliphatic heterocycles. The number of carbonyl (C=O) groups excluding carboxylic acids is 1. The number of aromatic hydroxyl groups is 3. The molecule has 0 saturated heterocycles. The Kier molecular flexibility index (Phi) is 7.07. The van der Waals surface area contributed by atoms with Crippen LogP contribution in [-0.2, 0) is 22.4 Å². The van der Waals surface area contributed by atoms with Crippen LogP contribution in [0.4, 0.5) is 0 Å². The fourth-order valence-electron chi connectivity index (χ4n) is 3.54. The fraction of sp³-hybridized carbons (Fsp3) is 0.296. The van der Waals surface area contributed by atoms with Crippen molar-refractivity contribution in [2.75, 3.05) is 0 Å². The molecule has 0 aromatic heterocycles. The third kappa shape index (κ3) is 5.80. The van der Waals surface area contributed by atoms with E-state index in [1.165, 1.54) is 18.2 Å². The second-order valence-corrected chi connectivity index (χ2v) is 9.31. The summed E-state index contributed by atoms with van der Waals surface area (Å²) in [6.45, 7) is 7.19. The quantitative estimate of drug-likeness (QED) is 0.291. The summed E-state index contributed by atoms with van der Waals surface area (Å²) in [5, 5.41) is 51.4. The third-order valence-corrected chi connectivity index (χ3v) is 5.48. The number of ether oxygens (including phenoxy) is 1. The van der Waals surface area contributed by atoms with E-state index in [9.17, 15) is 30.3 Å². The molecule has 1 heterocycles. The van der Waals surface area contributed by atoms with Gasteiger partial charge in [0.15, 0.2) is 11.5 Å². The van der Waals surface area contributed by atoms with Crippen LogP contribution in [0.2, 0.25) is 0 Å². The van der Waals surface area contributed by atoms with Gasteiger partial charge in [0.2, 0.25) is 0 Å². The molecule has 0 radical (unpaired) electrons. The normalized spacial score (nSPS) is 15.1. The third-order valence-electron chi connectivity index (χ3n) is 5.48. The Morgan fingerprint density at radius 1 is 0.971 bits per heavy atom. The summed E-state index contributed by atoms with van der Waals surface area (Å²) in [5.41, 5.74) is 1.64. The van der Waals surface area contributed by atoms with Gasteiger partial charge < -0.3 is 30.3 Å². The van der Waals surface area contributed by atoms with Gasteiger partial charge in [-0.25, -0.2) is 4.79 Å². The van der Waals surface area contributed by atoms with Gasteiger partial charge in [-0.3, -0.25) is 0 Å². The minimum Gasteiger partial charge on any atom is -0.508 e. The van der Waals surface area contributed by atoms with E-state index in [0.717, 1.165) is 11.6 Å². The number of aliphatic hydroxyl groups excluding tert-OH is 1. The van der Waals surface area contributed by atoms with Crippen LogP contribution in [-0.4, -0.2) is 37.1 Å². The van der Waals surface area contributed by atoms with E-state index in [1.807, 2.05) is 19.9 Å². The predicted octanol–water partition coefficient (Wildman–Crippen LogP) is 4.88. The second kappa shape index (κ2) is 9.65. The molecule has 0 saturated carbocycles. The Balaban J connectivity index is 1.98. The minimum atomic E-state index is -0.894. The lowest BCUT2D eigenvalue weighted by Gasteiger charge is -2.17. The highest BCUT2D eigenvalue weighted by molar-refractivity contribution is 6.21. The summed E-state index contributed by atoms with van der Waals surface area (Å²) in [7, 11) is 0. The van der Waals surface area contributed by atoms with Gasteiger partial charge in [0, 0.05) is 11.6 Å². The number of aryl methyl sites for hydroxylation is 1. The standard InChI is InChI=1S/C27H30O7/c1-15(2)5-7-17-13-19(22(30)14-21(17)29)24-25(31)23(34-26(24)32)12-16-6-8-20(28)18(11-16)9-10-27(3,4)33/h5-6,8,11-14,28-31,33H,7,9-10H2,1-4H3/b23-12-. The maximum Gasteiger partial charge on any atom is 0.348 e. The van der Waals surface area contributed by atoms with Crippen LogP contribution < -0.4 is 0 Å². The van der Waals surface area contributed by atoms with E-state index >= 15 is 0 Å². The summed E-state index contributed by atoms with van der Waals surface area (Å²) < 4.78 is 5.26. The van der Waals surface area contributed by atoms with Crippen LogP contribution in [0.25, 0.3) is 11.6 Å². The highest BCUT2D eigenvalue weighted by atomic mass is 16.6. The molecule has 34 heavy (non-hydrogen) atoms. The summed E-state index contributed by atoms with van der Waals surface area (Å²) in [5.74, 6) is -1.78. The number of esters is 1. The van der Waals surface area contributed by atoms with Crippen molar-refractivity contribution in [2.24, 2.45) is 0 Å². The molecule has 7 nitrogen and oxygen atoms in total. The Hall–Kier alpha value is -3.71. The lowest BCUT2D eigenvalue weighted by atomic mass is 9.97. The van der Waals surface area contributed by atoms with Crippen molar-refractivity contribution in [3.63, 3.8) is 0 Å². The minimum absolute atomic E-state index is 0.0532. The van der Waals surface area contributed by atoms with Crippen molar-refractivity contribution in [3.8, 4) is 17.2 Å². The van der Waals surface area contributed by atoms with Crippen LogP contribution in [0.3, 0.4) is 0 Å². The number of phenolic OH excluding ortho intramolecular Hbond substituents is 3. The molecule has 0 spiro atoms. The van der Waals surface area contributed by atoms with Gasteiger partial charge in [0.1, 0.15) is 22.8 Å². The predicted molar refractivity (Wildman–Crippen MR) is 129 cm³/mol. The van der Waals surface area contributed by atoms with Crippen molar-refractivity contribution in [3.05, 3.63) is 75.8 Å². The topological polar surface area (TPSA) is 127 Å². The lowest BCUT2D eigenvalue weighted by molar-refractivity contribution is -0.131. The van der Waals surface area contributed by atoms with Crippen molar-refractivity contribution in [1.82, 2.24) is 0 Å². The largest absolute Gasteiger partial charge is 0.508 e. The molecule has 2 aromatic rings. The van der Waals surface area contributed by atoms with Crippen molar-refractivity contribution in [2.45, 2.75) is 52.6 Å². The molecular weight excluding hydrogens is 436 g/mol. The summed E-state index contributed by atoms with van der Waals surface area (Å²) in [6.07, 6.45) is 4.58. The smallest absolute Gasteiger partial charge is 0.348 e. The SMILES string of the molecule is CC(C)=CCc1cc(C2=C(O)/C(=C/c3ccc(O)c(CCC(C)(C)O)c3)OC2=O)c(O)cc1O. The number of cyclic esters (lactones) is 1. The summed E-state index contributed by atoms with van der Waals surface area (Å²) in [4.78, 5) is 12.6. The van der Waals surface area contributed by atoms with E-state index in [2.05, 4.69) is 0 Å². The lowest BCUT2D eigenvalue weighted by Crippen LogP contribution is -2.19. The zero-order valence-corrected chi connectivity index (χ0v) is 19.7. The number of allylic oxidation sites excluding steroid dienone is 2. The first-order chi connectivity index (χ1) is 15.9. The molecule has 0 amide bonds. The van der Waals surface area contributed by atoms with Gasteiger partial charge in [-0.2, -0.15) is 0 Å². The van der Waals surface area contributed by atoms with Gasteiger partial charge in [-0.1, -0.05) is 17.7 Å². The van der Waals surface area contributed by atoms with E-state index in [0.29, 0.717) is 36.0 Å². The number of phenols is 3. The maximum atomic E-state index is 12.6. The number of benzene rings is 2. The van der Waals surface area contributed by atoms with Crippen molar-refractivity contribution in [1.29, 1.82) is 0 Å². The van der Waals surface area contributed by atoms with Gasteiger partial charge in [-0.05, 0) is 87.9 Å². The van der Waals surface area contributed by atoms with Crippen LogP contribution >= 0.6 is 0 Å². The zero-order valence-electron chi connectivity index (χ0n) is 19.7. The highest BCUT2D eigenvalue weighted by Crippen LogP contribution is 2.39. The molecule has 5 N–H and O–H groups in total. The van der Waals surface area contributed by atoms with Gasteiger partial charge in [-0.15, -0.1) is 0 Å². The molecule has 0 fully saturated rings. The molecule has 2 aromatic carbocycles. The molecule has 3 rings (SSSR count). The first kappa shape index (κ1) is 24.9. The molecule has 0 aliphatic carbocycles.